The van der Waals surface area contributed by atoms with Gasteiger partial charge in [0.1, 0.15) is 6.54 Å². The zero-order chi connectivity index (χ0) is 13.8. The summed E-state index contributed by atoms with van der Waals surface area (Å²) in [6.07, 6.45) is -3.42. The maximum atomic E-state index is 12.3. The van der Waals surface area contributed by atoms with Crippen LogP contribution in [0.15, 0.2) is 23.1 Å². The Bertz CT molecular complexity index is 452. The molecule has 1 rings (SSSR count). The Morgan fingerprint density at radius 2 is 2.06 bits per heavy atom. The molecule has 1 heterocycles. The number of H-pyrrole nitrogens is 1. The molecule has 0 aliphatic carbocycles. The predicted octanol–water partition coefficient (Wildman–Crippen LogP) is 1.62. The van der Waals surface area contributed by atoms with Gasteiger partial charge in [0, 0.05) is 24.7 Å². The number of carbonyl (C=O) groups is 1. The number of nitrogens with one attached hydrogen (secondary N) is 1. The second-order valence-electron chi connectivity index (χ2n) is 3.47. The maximum absolute atomic E-state index is 12.3. The SMILES string of the molecule is O=C(c1ccc(=O)[nH]c1)N(CCCl)CC(F)(F)F. The third-order valence-corrected chi connectivity index (χ3v) is 2.21. The minimum Gasteiger partial charge on any atom is -0.328 e. The van der Waals surface area contributed by atoms with Gasteiger partial charge in [0.2, 0.25) is 5.56 Å². The van der Waals surface area contributed by atoms with Crippen LogP contribution in [0.4, 0.5) is 13.2 Å². The van der Waals surface area contributed by atoms with Crippen LogP contribution >= 0.6 is 11.6 Å². The quantitative estimate of drug-likeness (QED) is 0.853. The molecule has 1 N–H and O–H groups in total. The van der Waals surface area contributed by atoms with E-state index < -0.39 is 24.2 Å². The summed E-state index contributed by atoms with van der Waals surface area (Å²) >= 11 is 5.36. The van der Waals surface area contributed by atoms with Crippen molar-refractivity contribution < 1.29 is 18.0 Å². The molecule has 0 aliphatic rings. The third kappa shape index (κ3) is 4.40. The largest absolute Gasteiger partial charge is 0.406 e. The first-order valence-corrected chi connectivity index (χ1v) is 5.47. The minimum atomic E-state index is -4.50. The van der Waals surface area contributed by atoms with Gasteiger partial charge in [0.05, 0.1) is 5.56 Å². The van der Waals surface area contributed by atoms with Gasteiger partial charge in [-0.25, -0.2) is 0 Å². The van der Waals surface area contributed by atoms with Gasteiger partial charge in [-0.05, 0) is 6.07 Å². The molecular weight excluding hydrogens is 273 g/mol. The van der Waals surface area contributed by atoms with Crippen LogP contribution in [0, 0.1) is 0 Å². The predicted molar refractivity (Wildman–Crippen MR) is 59.7 cm³/mol. The van der Waals surface area contributed by atoms with E-state index in [1.54, 1.807) is 0 Å². The average Bonchev–Trinajstić information content (AvgIpc) is 2.27. The number of hydrogen-bond donors (Lipinski definition) is 1. The molecule has 18 heavy (non-hydrogen) atoms. The van der Waals surface area contributed by atoms with Gasteiger partial charge in [-0.15, -0.1) is 11.6 Å². The van der Waals surface area contributed by atoms with Gasteiger partial charge in [-0.2, -0.15) is 13.2 Å². The molecule has 100 valence electrons. The molecule has 1 aromatic heterocycles. The Balaban J connectivity index is 2.88. The highest BCUT2D eigenvalue weighted by molar-refractivity contribution is 6.18. The van der Waals surface area contributed by atoms with Crippen molar-refractivity contribution in [2.24, 2.45) is 0 Å². The highest BCUT2D eigenvalue weighted by atomic mass is 35.5. The summed E-state index contributed by atoms with van der Waals surface area (Å²) in [5.74, 6) is -0.935. The minimum absolute atomic E-state index is 0.0241. The Morgan fingerprint density at radius 3 is 2.50 bits per heavy atom. The zero-order valence-corrected chi connectivity index (χ0v) is 9.88. The van der Waals surface area contributed by atoms with Gasteiger partial charge in [0.25, 0.3) is 5.91 Å². The highest BCUT2D eigenvalue weighted by Crippen LogP contribution is 2.17. The van der Waals surface area contributed by atoms with Crippen LogP contribution in [0.2, 0.25) is 0 Å². The number of amides is 1. The molecule has 0 spiro atoms. The molecule has 8 heteroatoms. The van der Waals surface area contributed by atoms with Crippen molar-refractivity contribution in [1.82, 2.24) is 9.88 Å². The molecule has 0 saturated heterocycles. The summed E-state index contributed by atoms with van der Waals surface area (Å²) in [6.45, 7) is -1.60. The highest BCUT2D eigenvalue weighted by Gasteiger charge is 2.33. The van der Waals surface area contributed by atoms with Crippen LogP contribution in [-0.4, -0.2) is 40.9 Å². The van der Waals surface area contributed by atoms with Crippen molar-refractivity contribution in [3.63, 3.8) is 0 Å². The monoisotopic (exact) mass is 282 g/mol. The van der Waals surface area contributed by atoms with Crippen molar-refractivity contribution in [2.45, 2.75) is 6.18 Å². The first-order chi connectivity index (χ1) is 8.33. The number of aromatic amines is 1. The first-order valence-electron chi connectivity index (χ1n) is 4.94. The normalized spacial score (nSPS) is 11.3. The summed E-state index contributed by atoms with van der Waals surface area (Å²) in [4.78, 5) is 25.4. The molecule has 0 radical (unpaired) electrons. The number of carbonyl (C=O) groups excluding carboxylic acids is 1. The van der Waals surface area contributed by atoms with E-state index in [0.717, 1.165) is 12.3 Å². The van der Waals surface area contributed by atoms with Crippen LogP contribution in [-0.2, 0) is 0 Å². The van der Waals surface area contributed by atoms with Crippen LogP contribution in [0.25, 0.3) is 0 Å². The Kier molecular flexibility index (Phi) is 4.77. The van der Waals surface area contributed by atoms with Gasteiger partial charge in [0.15, 0.2) is 0 Å². The number of pyridine rings is 1. The summed E-state index contributed by atoms with van der Waals surface area (Å²) in [6, 6.07) is 2.23. The number of nitrogens with zero attached hydrogens (tertiary/aromatic N) is 1. The molecule has 0 atom stereocenters. The molecule has 1 aromatic rings. The fourth-order valence-electron chi connectivity index (χ4n) is 1.30. The fraction of sp³-hybridized carbons (Fsp3) is 0.400. The first kappa shape index (κ1) is 14.6. The van der Waals surface area contributed by atoms with E-state index in [1.807, 2.05) is 0 Å². The lowest BCUT2D eigenvalue weighted by molar-refractivity contribution is -0.140. The number of halogens is 4. The van der Waals surface area contributed by atoms with E-state index in [2.05, 4.69) is 4.98 Å². The molecule has 0 saturated carbocycles. The molecule has 0 unspecified atom stereocenters. The van der Waals surface area contributed by atoms with E-state index in [1.165, 1.54) is 6.07 Å². The third-order valence-electron chi connectivity index (χ3n) is 2.04. The Morgan fingerprint density at radius 1 is 1.39 bits per heavy atom. The lowest BCUT2D eigenvalue weighted by Gasteiger charge is -2.22. The standard InChI is InChI=1S/C10H10ClF3N2O2/c11-3-4-16(6-10(12,13)14)9(18)7-1-2-8(17)15-5-7/h1-2,5H,3-4,6H2,(H,15,17). The van der Waals surface area contributed by atoms with Gasteiger partial charge >= 0.3 is 6.18 Å². The smallest absolute Gasteiger partial charge is 0.328 e. The van der Waals surface area contributed by atoms with Crippen molar-refractivity contribution in [1.29, 1.82) is 0 Å². The van der Waals surface area contributed by atoms with Crippen molar-refractivity contribution >= 4 is 17.5 Å². The molecule has 0 aliphatic heterocycles. The topological polar surface area (TPSA) is 53.2 Å². The summed E-state index contributed by atoms with van der Waals surface area (Å²) in [7, 11) is 0. The van der Waals surface area contributed by atoms with Gasteiger partial charge in [-0.1, -0.05) is 0 Å². The maximum Gasteiger partial charge on any atom is 0.406 e. The number of hydrogen-bond acceptors (Lipinski definition) is 2. The van der Waals surface area contributed by atoms with Crippen LogP contribution in [0.1, 0.15) is 10.4 Å². The van der Waals surface area contributed by atoms with Crippen LogP contribution in [0.5, 0.6) is 0 Å². The van der Waals surface area contributed by atoms with Gasteiger partial charge in [-0.3, -0.25) is 9.59 Å². The second-order valence-corrected chi connectivity index (χ2v) is 3.85. The second kappa shape index (κ2) is 5.90. The molecule has 1 amide bonds. The lowest BCUT2D eigenvalue weighted by atomic mass is 10.2. The molecule has 0 bridgehead atoms. The lowest BCUT2D eigenvalue weighted by Crippen LogP contribution is -2.40. The molecule has 0 fully saturated rings. The zero-order valence-electron chi connectivity index (χ0n) is 9.13. The summed E-state index contributed by atoms with van der Waals surface area (Å²) in [5.41, 5.74) is -0.463. The molecule has 0 aromatic carbocycles. The number of rotatable bonds is 4. The van der Waals surface area contributed by atoms with E-state index in [-0.39, 0.29) is 18.0 Å². The van der Waals surface area contributed by atoms with E-state index in [9.17, 15) is 22.8 Å². The van der Waals surface area contributed by atoms with Crippen molar-refractivity contribution in [2.75, 3.05) is 19.0 Å². The van der Waals surface area contributed by atoms with Crippen LogP contribution in [0.3, 0.4) is 0 Å². The van der Waals surface area contributed by atoms with Crippen LogP contribution < -0.4 is 5.56 Å². The number of alkyl halides is 4. The van der Waals surface area contributed by atoms with Crippen molar-refractivity contribution in [3.8, 4) is 0 Å². The van der Waals surface area contributed by atoms with E-state index in [4.69, 9.17) is 11.6 Å². The van der Waals surface area contributed by atoms with Gasteiger partial charge < -0.3 is 9.88 Å². The number of aromatic nitrogens is 1. The fourth-order valence-corrected chi connectivity index (χ4v) is 1.50. The average molecular weight is 283 g/mol. The van der Waals surface area contributed by atoms with E-state index in [0.29, 0.717) is 4.90 Å². The molecular formula is C10H10ClF3N2O2. The Hall–Kier alpha value is -1.50. The van der Waals surface area contributed by atoms with Crippen molar-refractivity contribution in [3.05, 3.63) is 34.2 Å². The summed E-state index contributed by atoms with van der Waals surface area (Å²) < 4.78 is 36.8. The molecule has 4 nitrogen and oxygen atoms in total. The van der Waals surface area contributed by atoms with E-state index >= 15 is 0 Å². The summed E-state index contributed by atoms with van der Waals surface area (Å²) in [5, 5.41) is 0. The Labute approximate surface area is 105 Å².